The second-order valence-electron chi connectivity index (χ2n) is 8.12. The lowest BCUT2D eigenvalue weighted by atomic mass is 10.1. The molecule has 7 heteroatoms. The summed E-state index contributed by atoms with van der Waals surface area (Å²) in [5.74, 6) is 2.10. The van der Waals surface area contributed by atoms with E-state index in [9.17, 15) is 5.11 Å². The van der Waals surface area contributed by atoms with Crippen LogP contribution in [0.5, 0.6) is 11.5 Å². The summed E-state index contributed by atoms with van der Waals surface area (Å²) in [6.07, 6.45) is -0.858. The van der Waals surface area contributed by atoms with E-state index in [-0.39, 0.29) is 0 Å². The Balaban J connectivity index is 1.26. The number of nitrogens with one attached hydrogen (secondary N) is 2. The van der Waals surface area contributed by atoms with E-state index in [1.807, 2.05) is 60.7 Å². The largest absolute Gasteiger partial charge is 0.457 e. The number of aromatic amines is 1. The van der Waals surface area contributed by atoms with Crippen LogP contribution in [0.1, 0.15) is 11.8 Å². The van der Waals surface area contributed by atoms with Gasteiger partial charge in [-0.2, -0.15) is 5.10 Å². The highest BCUT2D eigenvalue weighted by Crippen LogP contribution is 2.29. The molecule has 164 valence electrons. The summed E-state index contributed by atoms with van der Waals surface area (Å²) < 4.78 is 5.89. The number of aromatic nitrogens is 2. The Morgan fingerprint density at radius 2 is 1.69 bits per heavy atom. The topological polar surface area (TPSA) is 76.7 Å². The van der Waals surface area contributed by atoms with Gasteiger partial charge in [0.05, 0.1) is 5.52 Å². The standard InChI is InChI=1S/C25H27N5O2/c1-29-13-15-30(16-14-29)19-9-7-18(8-10-19)25(31)26-24-22-12-11-21(17-23(22)27-28-24)32-20-5-3-2-4-6-20/h2-12,17,25,31H,13-16H2,1H3,(H2,26,27,28). The molecule has 7 nitrogen and oxygen atoms in total. The van der Waals surface area contributed by atoms with Crippen LogP contribution < -0.4 is 15.0 Å². The molecule has 0 aliphatic carbocycles. The summed E-state index contributed by atoms with van der Waals surface area (Å²) in [7, 11) is 2.15. The molecule has 1 aromatic heterocycles. The Bertz CT molecular complexity index is 1170. The van der Waals surface area contributed by atoms with Crippen molar-refractivity contribution in [3.05, 3.63) is 78.4 Å². The number of anilines is 2. The van der Waals surface area contributed by atoms with E-state index in [0.717, 1.165) is 54.1 Å². The Kier molecular flexibility index (Phi) is 5.66. The Labute approximate surface area is 187 Å². The van der Waals surface area contributed by atoms with Crippen molar-refractivity contribution in [2.45, 2.75) is 6.23 Å². The maximum Gasteiger partial charge on any atom is 0.157 e. The monoisotopic (exact) mass is 429 g/mol. The van der Waals surface area contributed by atoms with E-state index in [4.69, 9.17) is 4.74 Å². The molecule has 1 saturated heterocycles. The number of H-pyrrole nitrogens is 1. The van der Waals surface area contributed by atoms with E-state index >= 15 is 0 Å². The summed E-state index contributed by atoms with van der Waals surface area (Å²) in [5, 5.41) is 22.1. The van der Waals surface area contributed by atoms with Gasteiger partial charge in [-0.25, -0.2) is 0 Å². The van der Waals surface area contributed by atoms with E-state index in [0.29, 0.717) is 5.82 Å². The maximum absolute atomic E-state index is 10.7. The minimum absolute atomic E-state index is 0.599. The van der Waals surface area contributed by atoms with Gasteiger partial charge in [-0.05, 0) is 43.4 Å². The molecule has 1 fully saturated rings. The zero-order valence-electron chi connectivity index (χ0n) is 18.0. The van der Waals surface area contributed by atoms with Gasteiger partial charge in [0.25, 0.3) is 0 Å². The van der Waals surface area contributed by atoms with E-state index < -0.39 is 6.23 Å². The van der Waals surface area contributed by atoms with Crippen LogP contribution in [0.4, 0.5) is 11.5 Å². The first-order valence-electron chi connectivity index (χ1n) is 10.8. The summed E-state index contributed by atoms with van der Waals surface area (Å²) in [6.45, 7) is 4.17. The number of aliphatic hydroxyl groups excluding tert-OH is 1. The SMILES string of the molecule is CN1CCN(c2ccc(C(O)Nc3n[nH]c4cc(Oc5ccccc5)ccc34)cc2)CC1. The zero-order valence-corrected chi connectivity index (χ0v) is 18.0. The fourth-order valence-corrected chi connectivity index (χ4v) is 3.94. The normalized spacial score (nSPS) is 15.6. The van der Waals surface area contributed by atoms with Crippen molar-refractivity contribution in [3.63, 3.8) is 0 Å². The van der Waals surface area contributed by atoms with Crippen LogP contribution in [0.2, 0.25) is 0 Å². The lowest BCUT2D eigenvalue weighted by molar-refractivity contribution is 0.208. The Morgan fingerprint density at radius 3 is 2.44 bits per heavy atom. The molecule has 0 bridgehead atoms. The molecule has 1 atom stereocenters. The van der Waals surface area contributed by atoms with Crippen LogP contribution in [0.3, 0.4) is 0 Å². The molecule has 32 heavy (non-hydrogen) atoms. The van der Waals surface area contributed by atoms with Gasteiger partial charge < -0.3 is 25.0 Å². The van der Waals surface area contributed by atoms with Gasteiger partial charge in [0, 0.05) is 48.9 Å². The third-order valence-corrected chi connectivity index (χ3v) is 5.86. The van der Waals surface area contributed by atoms with Crippen LogP contribution in [-0.4, -0.2) is 53.4 Å². The summed E-state index contributed by atoms with van der Waals surface area (Å²) in [5.41, 5.74) is 2.81. The molecule has 1 aliphatic heterocycles. The molecule has 0 spiro atoms. The first kappa shape index (κ1) is 20.4. The zero-order chi connectivity index (χ0) is 21.9. The van der Waals surface area contributed by atoms with Crippen molar-refractivity contribution in [2.24, 2.45) is 0 Å². The number of benzene rings is 3. The average Bonchev–Trinajstić information content (AvgIpc) is 3.22. The van der Waals surface area contributed by atoms with Crippen molar-refractivity contribution in [2.75, 3.05) is 43.4 Å². The van der Waals surface area contributed by atoms with Crippen molar-refractivity contribution in [1.29, 1.82) is 0 Å². The highest BCUT2D eigenvalue weighted by molar-refractivity contribution is 5.90. The number of likely N-dealkylation sites (N-methyl/N-ethyl adjacent to an activating group) is 1. The summed E-state index contributed by atoms with van der Waals surface area (Å²) >= 11 is 0. The molecule has 4 aromatic rings. The molecule has 0 amide bonds. The number of hydrogen-bond donors (Lipinski definition) is 3. The van der Waals surface area contributed by atoms with Crippen LogP contribution in [-0.2, 0) is 0 Å². The predicted octanol–water partition coefficient (Wildman–Crippen LogP) is 4.21. The van der Waals surface area contributed by atoms with Crippen molar-refractivity contribution in [3.8, 4) is 11.5 Å². The van der Waals surface area contributed by atoms with E-state index in [1.165, 1.54) is 5.69 Å². The molecule has 1 unspecified atom stereocenters. The maximum atomic E-state index is 10.7. The number of ether oxygens (including phenoxy) is 1. The highest BCUT2D eigenvalue weighted by atomic mass is 16.5. The molecular weight excluding hydrogens is 402 g/mol. The average molecular weight is 430 g/mol. The molecule has 1 aliphatic rings. The minimum atomic E-state index is -0.858. The first-order valence-corrected chi connectivity index (χ1v) is 10.8. The van der Waals surface area contributed by atoms with Gasteiger partial charge in [0.15, 0.2) is 12.0 Å². The van der Waals surface area contributed by atoms with Crippen molar-refractivity contribution >= 4 is 22.4 Å². The lowest BCUT2D eigenvalue weighted by Crippen LogP contribution is -2.44. The number of piperazine rings is 1. The molecule has 0 saturated carbocycles. The van der Waals surface area contributed by atoms with Gasteiger partial charge in [0.1, 0.15) is 11.5 Å². The van der Waals surface area contributed by atoms with Crippen molar-refractivity contribution in [1.82, 2.24) is 15.1 Å². The van der Waals surface area contributed by atoms with Gasteiger partial charge in [-0.1, -0.05) is 30.3 Å². The van der Waals surface area contributed by atoms with Crippen LogP contribution in [0, 0.1) is 0 Å². The fraction of sp³-hybridized carbons (Fsp3) is 0.240. The number of rotatable bonds is 6. The molecule has 2 heterocycles. The molecule has 0 radical (unpaired) electrons. The highest BCUT2D eigenvalue weighted by Gasteiger charge is 2.16. The first-order chi connectivity index (χ1) is 15.7. The summed E-state index contributed by atoms with van der Waals surface area (Å²) in [6, 6.07) is 23.4. The lowest BCUT2D eigenvalue weighted by Gasteiger charge is -2.34. The number of aliphatic hydroxyl groups is 1. The van der Waals surface area contributed by atoms with Gasteiger partial charge in [0.2, 0.25) is 0 Å². The second kappa shape index (κ2) is 8.90. The minimum Gasteiger partial charge on any atom is -0.457 e. The third kappa shape index (κ3) is 4.39. The van der Waals surface area contributed by atoms with Crippen LogP contribution in [0.25, 0.3) is 10.9 Å². The number of para-hydroxylation sites is 1. The van der Waals surface area contributed by atoms with Crippen LogP contribution >= 0.6 is 0 Å². The third-order valence-electron chi connectivity index (χ3n) is 5.86. The van der Waals surface area contributed by atoms with Gasteiger partial charge in [-0.15, -0.1) is 0 Å². The molecule has 3 aromatic carbocycles. The number of fused-ring (bicyclic) bond motifs is 1. The smallest absolute Gasteiger partial charge is 0.157 e. The summed E-state index contributed by atoms with van der Waals surface area (Å²) in [4.78, 5) is 4.71. The Hall–Kier alpha value is -3.55. The molecular formula is C25H27N5O2. The second-order valence-corrected chi connectivity index (χ2v) is 8.12. The van der Waals surface area contributed by atoms with E-state index in [2.05, 4.69) is 44.5 Å². The van der Waals surface area contributed by atoms with Gasteiger partial charge >= 0.3 is 0 Å². The van der Waals surface area contributed by atoms with Crippen LogP contribution in [0.15, 0.2) is 72.8 Å². The molecule has 5 rings (SSSR count). The van der Waals surface area contributed by atoms with E-state index in [1.54, 1.807) is 0 Å². The fourth-order valence-electron chi connectivity index (χ4n) is 3.94. The molecule has 3 N–H and O–H groups in total. The Morgan fingerprint density at radius 1 is 0.938 bits per heavy atom. The number of hydrogen-bond acceptors (Lipinski definition) is 6. The van der Waals surface area contributed by atoms with Crippen molar-refractivity contribution < 1.29 is 9.84 Å². The quantitative estimate of drug-likeness (QED) is 0.399. The number of nitrogens with zero attached hydrogens (tertiary/aromatic N) is 3. The predicted molar refractivity (Wildman–Crippen MR) is 127 cm³/mol. The van der Waals surface area contributed by atoms with Gasteiger partial charge in [-0.3, -0.25) is 5.10 Å².